The molecule has 1 fully saturated rings. The van der Waals surface area contributed by atoms with Crippen molar-refractivity contribution >= 4 is 17.7 Å². The Morgan fingerprint density at radius 3 is 2.37 bits per heavy atom. The highest BCUT2D eigenvalue weighted by atomic mass is 16.5. The molecule has 30 heavy (non-hydrogen) atoms. The highest BCUT2D eigenvalue weighted by Gasteiger charge is 2.25. The van der Waals surface area contributed by atoms with E-state index in [1.54, 1.807) is 29.2 Å². The molecule has 0 aliphatic carbocycles. The molecule has 3 rings (SSSR count). The largest absolute Gasteiger partial charge is 0.462 e. The molecule has 1 unspecified atom stereocenters. The minimum Gasteiger partial charge on any atom is -0.462 e. The van der Waals surface area contributed by atoms with Crippen molar-refractivity contribution in [2.75, 3.05) is 38.1 Å². The van der Waals surface area contributed by atoms with Crippen LogP contribution in [-0.4, -0.2) is 54.6 Å². The number of carbonyl (C=O) groups is 2. The molecular weight excluding hydrogens is 378 g/mol. The fourth-order valence-electron chi connectivity index (χ4n) is 3.61. The fraction of sp³-hybridized carbons (Fsp3) is 0.417. The lowest BCUT2D eigenvalue weighted by molar-refractivity contribution is 0.0501. The first-order chi connectivity index (χ1) is 14.6. The lowest BCUT2D eigenvalue weighted by atomic mass is 10.1. The number of unbranched alkanes of at least 4 members (excludes halogenated alkanes) is 1. The number of piperazine rings is 1. The Labute approximate surface area is 178 Å². The van der Waals surface area contributed by atoms with E-state index in [0.29, 0.717) is 37.0 Å². The van der Waals surface area contributed by atoms with E-state index in [2.05, 4.69) is 41.4 Å². The third kappa shape index (κ3) is 5.60. The van der Waals surface area contributed by atoms with Crippen LogP contribution < -0.4 is 5.32 Å². The summed E-state index contributed by atoms with van der Waals surface area (Å²) in [5.74, 6) is -0.402. The average Bonchev–Trinajstić information content (AvgIpc) is 2.79. The van der Waals surface area contributed by atoms with Crippen LogP contribution in [0.5, 0.6) is 0 Å². The van der Waals surface area contributed by atoms with Gasteiger partial charge in [-0.2, -0.15) is 0 Å². The van der Waals surface area contributed by atoms with Gasteiger partial charge in [-0.3, -0.25) is 4.90 Å². The Morgan fingerprint density at radius 2 is 1.67 bits per heavy atom. The molecule has 0 bridgehead atoms. The molecule has 0 saturated carbocycles. The van der Waals surface area contributed by atoms with Crippen molar-refractivity contribution in [3.8, 4) is 0 Å². The second-order valence-electron chi connectivity index (χ2n) is 7.57. The number of nitrogens with zero attached hydrogens (tertiary/aromatic N) is 2. The molecule has 1 aliphatic rings. The van der Waals surface area contributed by atoms with Crippen LogP contribution in [-0.2, 0) is 4.74 Å². The van der Waals surface area contributed by atoms with Crippen molar-refractivity contribution in [3.63, 3.8) is 0 Å². The molecule has 6 heteroatoms. The van der Waals surface area contributed by atoms with Gasteiger partial charge in [0.1, 0.15) is 0 Å². The average molecular weight is 410 g/mol. The van der Waals surface area contributed by atoms with E-state index >= 15 is 0 Å². The Kier molecular flexibility index (Phi) is 7.85. The van der Waals surface area contributed by atoms with Gasteiger partial charge in [-0.25, -0.2) is 9.59 Å². The summed E-state index contributed by atoms with van der Waals surface area (Å²) in [6.07, 6.45) is 1.78. The van der Waals surface area contributed by atoms with Crippen molar-refractivity contribution in [2.45, 2.75) is 32.7 Å². The number of urea groups is 1. The van der Waals surface area contributed by atoms with E-state index in [1.165, 1.54) is 5.56 Å². The zero-order valence-corrected chi connectivity index (χ0v) is 17.8. The number of hydrogen-bond acceptors (Lipinski definition) is 4. The third-order valence-electron chi connectivity index (χ3n) is 5.55. The van der Waals surface area contributed by atoms with Gasteiger partial charge in [-0.15, -0.1) is 0 Å². The van der Waals surface area contributed by atoms with E-state index in [9.17, 15) is 9.59 Å². The number of ether oxygens (including phenoxy) is 1. The van der Waals surface area contributed by atoms with E-state index in [4.69, 9.17) is 4.74 Å². The topological polar surface area (TPSA) is 61.9 Å². The molecule has 1 saturated heterocycles. The van der Waals surface area contributed by atoms with Crippen LogP contribution in [0.3, 0.4) is 0 Å². The van der Waals surface area contributed by atoms with Crippen LogP contribution in [0, 0.1) is 0 Å². The first-order valence-electron chi connectivity index (χ1n) is 10.7. The normalized spacial score (nSPS) is 15.5. The maximum atomic E-state index is 12.8. The summed E-state index contributed by atoms with van der Waals surface area (Å²) in [6.45, 7) is 7.54. The number of carbonyl (C=O) groups excluding carboxylic acids is 2. The number of para-hydroxylation sites is 1. The van der Waals surface area contributed by atoms with E-state index in [-0.39, 0.29) is 6.03 Å². The van der Waals surface area contributed by atoms with Crippen molar-refractivity contribution in [3.05, 3.63) is 65.7 Å². The molecule has 1 heterocycles. The minimum atomic E-state index is -0.402. The molecule has 1 N–H and O–H groups in total. The Balaban J connectivity index is 1.56. The van der Waals surface area contributed by atoms with Gasteiger partial charge >= 0.3 is 12.0 Å². The van der Waals surface area contributed by atoms with Crippen LogP contribution in [0.2, 0.25) is 0 Å². The van der Waals surface area contributed by atoms with Gasteiger partial charge in [-0.05, 0) is 31.0 Å². The summed E-state index contributed by atoms with van der Waals surface area (Å²) in [7, 11) is 0. The number of nitrogens with one attached hydrogen (secondary N) is 1. The van der Waals surface area contributed by atoms with Gasteiger partial charge in [-0.1, -0.05) is 55.8 Å². The molecule has 2 aromatic rings. The molecule has 0 radical (unpaired) electrons. The molecule has 160 valence electrons. The lowest BCUT2D eigenvalue weighted by Crippen LogP contribution is -2.50. The summed E-state index contributed by atoms with van der Waals surface area (Å²) in [4.78, 5) is 29.3. The molecular formula is C24H31N3O3. The predicted octanol–water partition coefficient (Wildman–Crippen LogP) is 4.55. The molecule has 2 amide bonds. The molecule has 0 spiro atoms. The lowest BCUT2D eigenvalue weighted by Gasteiger charge is -2.38. The van der Waals surface area contributed by atoms with Crippen molar-refractivity contribution in [2.24, 2.45) is 0 Å². The SMILES string of the molecule is CCCCOC(=O)c1ccccc1NC(=O)N1CCN(C(C)c2ccccc2)CC1. The second-order valence-corrected chi connectivity index (χ2v) is 7.57. The minimum absolute atomic E-state index is 0.184. The highest BCUT2D eigenvalue weighted by Crippen LogP contribution is 2.22. The van der Waals surface area contributed by atoms with E-state index < -0.39 is 5.97 Å². The second kappa shape index (κ2) is 10.8. The Bertz CT molecular complexity index is 833. The van der Waals surface area contributed by atoms with E-state index in [1.807, 2.05) is 13.0 Å². The molecule has 1 atom stereocenters. The first kappa shape index (κ1) is 21.8. The highest BCUT2D eigenvalue weighted by molar-refractivity contribution is 6.00. The number of esters is 1. The molecule has 0 aromatic heterocycles. The summed E-state index contributed by atoms with van der Waals surface area (Å²) in [5.41, 5.74) is 2.16. The van der Waals surface area contributed by atoms with Crippen molar-refractivity contribution < 1.29 is 14.3 Å². The van der Waals surface area contributed by atoms with Crippen LogP contribution in [0.4, 0.5) is 10.5 Å². The van der Waals surface area contributed by atoms with Gasteiger partial charge in [0.2, 0.25) is 0 Å². The summed E-state index contributed by atoms with van der Waals surface area (Å²) < 4.78 is 5.31. The summed E-state index contributed by atoms with van der Waals surface area (Å²) in [6, 6.07) is 17.5. The van der Waals surface area contributed by atoms with Crippen LogP contribution in [0.15, 0.2) is 54.6 Å². The summed E-state index contributed by atoms with van der Waals surface area (Å²) >= 11 is 0. The quantitative estimate of drug-likeness (QED) is 0.538. The van der Waals surface area contributed by atoms with Crippen LogP contribution >= 0.6 is 0 Å². The third-order valence-corrected chi connectivity index (χ3v) is 5.55. The van der Waals surface area contributed by atoms with Crippen LogP contribution in [0.1, 0.15) is 48.7 Å². The maximum absolute atomic E-state index is 12.8. The van der Waals surface area contributed by atoms with Gasteiger partial charge in [0.05, 0.1) is 17.9 Å². The van der Waals surface area contributed by atoms with Gasteiger partial charge < -0.3 is 15.0 Å². The van der Waals surface area contributed by atoms with E-state index in [0.717, 1.165) is 25.9 Å². The fourth-order valence-corrected chi connectivity index (χ4v) is 3.61. The number of benzene rings is 2. The maximum Gasteiger partial charge on any atom is 0.340 e. The first-order valence-corrected chi connectivity index (χ1v) is 10.7. The monoisotopic (exact) mass is 409 g/mol. The summed E-state index contributed by atoms with van der Waals surface area (Å²) in [5, 5.41) is 2.89. The Hall–Kier alpha value is -2.86. The van der Waals surface area contributed by atoms with Gasteiger partial charge in [0.15, 0.2) is 0 Å². The number of rotatable bonds is 7. The standard InChI is InChI=1S/C24H31N3O3/c1-3-4-18-30-23(28)21-12-8-9-13-22(21)25-24(29)27-16-14-26(15-17-27)19(2)20-10-6-5-7-11-20/h5-13,19H,3-4,14-18H2,1-2H3,(H,25,29). The predicted molar refractivity (Wildman–Crippen MR) is 119 cm³/mol. The smallest absolute Gasteiger partial charge is 0.340 e. The zero-order chi connectivity index (χ0) is 21.3. The van der Waals surface area contributed by atoms with Gasteiger partial charge in [0.25, 0.3) is 0 Å². The van der Waals surface area contributed by atoms with Crippen LogP contribution in [0.25, 0.3) is 0 Å². The molecule has 1 aliphatic heterocycles. The Morgan fingerprint density at radius 1 is 1.00 bits per heavy atom. The molecule has 2 aromatic carbocycles. The van der Waals surface area contributed by atoms with Gasteiger partial charge in [0, 0.05) is 32.2 Å². The zero-order valence-electron chi connectivity index (χ0n) is 17.8. The number of hydrogen-bond donors (Lipinski definition) is 1. The van der Waals surface area contributed by atoms with Crippen molar-refractivity contribution in [1.29, 1.82) is 0 Å². The molecule has 6 nitrogen and oxygen atoms in total. The number of anilines is 1. The van der Waals surface area contributed by atoms with Crippen molar-refractivity contribution in [1.82, 2.24) is 9.80 Å². The number of amides is 2.